The Kier molecular flexibility index (Phi) is 4.87. The Morgan fingerprint density at radius 2 is 2.10 bits per heavy atom. The fraction of sp³-hybridized carbons (Fsp3) is 0.312. The highest BCUT2D eigenvalue weighted by Gasteiger charge is 2.12. The second-order valence-electron chi connectivity index (χ2n) is 4.89. The first kappa shape index (κ1) is 15.0. The van der Waals surface area contributed by atoms with Crippen molar-refractivity contribution in [2.75, 3.05) is 19.4 Å². The van der Waals surface area contributed by atoms with Gasteiger partial charge in [-0.3, -0.25) is 4.79 Å². The molecular formula is C16H20N2O3. The summed E-state index contributed by atoms with van der Waals surface area (Å²) in [6, 6.07) is 9.12. The summed E-state index contributed by atoms with van der Waals surface area (Å²) in [4.78, 5) is 13.7. The fourth-order valence-corrected chi connectivity index (χ4v) is 1.97. The van der Waals surface area contributed by atoms with Crippen molar-refractivity contribution in [1.82, 2.24) is 4.90 Å². The number of aryl methyl sites for hydroxylation is 1. The Morgan fingerprint density at radius 3 is 2.76 bits per heavy atom. The van der Waals surface area contributed by atoms with Gasteiger partial charge in [0, 0.05) is 19.2 Å². The predicted octanol–water partition coefficient (Wildman–Crippen LogP) is 2.60. The number of benzene rings is 1. The zero-order chi connectivity index (χ0) is 15.2. The van der Waals surface area contributed by atoms with E-state index in [1.54, 1.807) is 30.3 Å². The molecule has 2 N–H and O–H groups in total. The van der Waals surface area contributed by atoms with Gasteiger partial charge in [0.05, 0.1) is 25.0 Å². The van der Waals surface area contributed by atoms with Crippen molar-refractivity contribution in [2.24, 2.45) is 0 Å². The molecule has 0 fully saturated rings. The van der Waals surface area contributed by atoms with Crippen molar-refractivity contribution in [2.45, 2.75) is 19.9 Å². The molecule has 0 aliphatic carbocycles. The van der Waals surface area contributed by atoms with Gasteiger partial charge in [-0.1, -0.05) is 12.1 Å². The maximum atomic E-state index is 12.0. The lowest BCUT2D eigenvalue weighted by molar-refractivity contribution is -0.130. The molecule has 0 aliphatic rings. The van der Waals surface area contributed by atoms with Crippen LogP contribution in [0.2, 0.25) is 0 Å². The molecule has 0 spiro atoms. The Balaban J connectivity index is 1.79. The van der Waals surface area contributed by atoms with Crippen LogP contribution in [0.5, 0.6) is 5.75 Å². The lowest BCUT2D eigenvalue weighted by Gasteiger charge is -2.17. The molecule has 0 saturated heterocycles. The van der Waals surface area contributed by atoms with Crippen LogP contribution in [-0.2, 0) is 11.3 Å². The van der Waals surface area contributed by atoms with Crippen molar-refractivity contribution >= 4 is 11.6 Å². The molecule has 0 unspecified atom stereocenters. The summed E-state index contributed by atoms with van der Waals surface area (Å²) >= 11 is 0. The van der Waals surface area contributed by atoms with Crippen molar-refractivity contribution in [3.63, 3.8) is 0 Å². The fourth-order valence-electron chi connectivity index (χ4n) is 1.97. The molecule has 1 heterocycles. The average molecular weight is 288 g/mol. The minimum Gasteiger partial charge on any atom is -0.491 e. The number of para-hydroxylation sites is 2. The highest BCUT2D eigenvalue weighted by molar-refractivity contribution is 5.76. The van der Waals surface area contributed by atoms with Crippen LogP contribution in [0.25, 0.3) is 0 Å². The molecule has 0 radical (unpaired) electrons. The minimum absolute atomic E-state index is 0.0186. The van der Waals surface area contributed by atoms with Crippen molar-refractivity contribution < 1.29 is 13.9 Å². The van der Waals surface area contributed by atoms with E-state index in [9.17, 15) is 4.79 Å². The number of hydrogen-bond acceptors (Lipinski definition) is 4. The summed E-state index contributed by atoms with van der Waals surface area (Å²) in [6.45, 7) is 2.73. The summed E-state index contributed by atoms with van der Waals surface area (Å²) in [5.74, 6) is 1.46. The van der Waals surface area contributed by atoms with E-state index < -0.39 is 0 Å². The normalized spacial score (nSPS) is 10.4. The second-order valence-corrected chi connectivity index (χ2v) is 4.89. The molecule has 0 aliphatic heterocycles. The van der Waals surface area contributed by atoms with Crippen LogP contribution in [0.1, 0.15) is 17.7 Å². The van der Waals surface area contributed by atoms with Crippen molar-refractivity contribution in [3.8, 4) is 5.75 Å². The third kappa shape index (κ3) is 4.02. The van der Waals surface area contributed by atoms with Crippen LogP contribution >= 0.6 is 0 Å². The van der Waals surface area contributed by atoms with Crippen LogP contribution in [0.3, 0.4) is 0 Å². The molecule has 5 heteroatoms. The zero-order valence-corrected chi connectivity index (χ0v) is 12.3. The molecule has 112 valence electrons. The van der Waals surface area contributed by atoms with Gasteiger partial charge in [0.1, 0.15) is 11.5 Å². The van der Waals surface area contributed by atoms with Gasteiger partial charge in [0.2, 0.25) is 5.91 Å². The quantitative estimate of drug-likeness (QED) is 0.830. The summed E-state index contributed by atoms with van der Waals surface area (Å²) in [7, 11) is 1.77. The number of nitrogens with two attached hydrogens (primary N) is 1. The van der Waals surface area contributed by atoms with E-state index in [1.165, 1.54) is 0 Å². The molecule has 1 aromatic carbocycles. The predicted molar refractivity (Wildman–Crippen MR) is 80.9 cm³/mol. The monoisotopic (exact) mass is 288 g/mol. The van der Waals surface area contributed by atoms with Gasteiger partial charge in [-0.15, -0.1) is 0 Å². The van der Waals surface area contributed by atoms with Gasteiger partial charge in [-0.25, -0.2) is 0 Å². The lowest BCUT2D eigenvalue weighted by Crippen LogP contribution is -2.27. The Labute approximate surface area is 124 Å². The number of furan rings is 1. The first-order valence-electron chi connectivity index (χ1n) is 6.82. The van der Waals surface area contributed by atoms with E-state index in [1.807, 2.05) is 25.1 Å². The molecule has 2 aromatic rings. The summed E-state index contributed by atoms with van der Waals surface area (Å²) < 4.78 is 10.7. The van der Waals surface area contributed by atoms with Crippen LogP contribution in [0.4, 0.5) is 5.69 Å². The standard InChI is InChI=1S/C16H20N2O3/c1-12-13(7-9-20-12)11-18(2)16(19)8-10-21-15-6-4-3-5-14(15)17/h3-7,9H,8,10-11,17H2,1-2H3. The number of anilines is 1. The smallest absolute Gasteiger partial charge is 0.226 e. The van der Waals surface area contributed by atoms with Crippen LogP contribution in [-0.4, -0.2) is 24.5 Å². The Bertz CT molecular complexity index is 607. The highest BCUT2D eigenvalue weighted by atomic mass is 16.5. The van der Waals surface area contributed by atoms with Gasteiger partial charge in [0.25, 0.3) is 0 Å². The number of hydrogen-bond donors (Lipinski definition) is 1. The second kappa shape index (κ2) is 6.83. The summed E-state index contributed by atoms with van der Waals surface area (Å²) in [6.07, 6.45) is 1.94. The minimum atomic E-state index is 0.0186. The zero-order valence-electron chi connectivity index (χ0n) is 12.3. The van der Waals surface area contributed by atoms with Crippen molar-refractivity contribution in [1.29, 1.82) is 0 Å². The first-order valence-corrected chi connectivity index (χ1v) is 6.82. The van der Waals surface area contributed by atoms with E-state index in [4.69, 9.17) is 14.9 Å². The van der Waals surface area contributed by atoms with E-state index in [0.29, 0.717) is 31.0 Å². The maximum absolute atomic E-state index is 12.0. The molecule has 5 nitrogen and oxygen atoms in total. The van der Waals surface area contributed by atoms with Gasteiger partial charge in [0.15, 0.2) is 0 Å². The average Bonchev–Trinajstić information content (AvgIpc) is 2.86. The molecule has 1 aromatic heterocycles. The van der Waals surface area contributed by atoms with E-state index in [-0.39, 0.29) is 5.91 Å². The number of amides is 1. The number of rotatable bonds is 6. The number of nitrogen functional groups attached to an aromatic ring is 1. The Hall–Kier alpha value is -2.43. The number of carbonyl (C=O) groups excluding carboxylic acids is 1. The van der Waals surface area contributed by atoms with Crippen molar-refractivity contribution in [3.05, 3.63) is 47.9 Å². The summed E-state index contributed by atoms with van der Waals surface area (Å²) in [5.41, 5.74) is 7.36. The molecule has 1 amide bonds. The van der Waals surface area contributed by atoms with E-state index in [2.05, 4.69) is 0 Å². The van der Waals surface area contributed by atoms with Gasteiger partial charge in [-0.05, 0) is 25.1 Å². The van der Waals surface area contributed by atoms with Crippen LogP contribution < -0.4 is 10.5 Å². The maximum Gasteiger partial charge on any atom is 0.226 e. The largest absolute Gasteiger partial charge is 0.491 e. The molecular weight excluding hydrogens is 268 g/mol. The molecule has 2 rings (SSSR count). The van der Waals surface area contributed by atoms with E-state index in [0.717, 1.165) is 11.3 Å². The Morgan fingerprint density at radius 1 is 1.33 bits per heavy atom. The SMILES string of the molecule is Cc1occc1CN(C)C(=O)CCOc1ccccc1N. The third-order valence-corrected chi connectivity index (χ3v) is 3.29. The molecule has 21 heavy (non-hydrogen) atoms. The van der Waals surface area contributed by atoms with Gasteiger partial charge in [-0.2, -0.15) is 0 Å². The first-order chi connectivity index (χ1) is 10.1. The van der Waals surface area contributed by atoms with E-state index >= 15 is 0 Å². The number of nitrogens with zero attached hydrogens (tertiary/aromatic N) is 1. The van der Waals surface area contributed by atoms with Crippen LogP contribution in [0.15, 0.2) is 41.0 Å². The molecule has 0 atom stereocenters. The topological polar surface area (TPSA) is 68.7 Å². The van der Waals surface area contributed by atoms with Gasteiger partial charge >= 0.3 is 0 Å². The third-order valence-electron chi connectivity index (χ3n) is 3.29. The van der Waals surface area contributed by atoms with Gasteiger partial charge < -0.3 is 19.8 Å². The summed E-state index contributed by atoms with van der Waals surface area (Å²) in [5, 5.41) is 0. The lowest BCUT2D eigenvalue weighted by atomic mass is 10.2. The highest BCUT2D eigenvalue weighted by Crippen LogP contribution is 2.19. The molecule has 0 bridgehead atoms. The number of ether oxygens (including phenoxy) is 1. The molecule has 0 saturated carbocycles. The van der Waals surface area contributed by atoms with Crippen LogP contribution in [0, 0.1) is 6.92 Å². The number of carbonyl (C=O) groups is 1.